The zero-order chi connectivity index (χ0) is 9.59. The van der Waals surface area contributed by atoms with E-state index in [1.165, 1.54) is 0 Å². The molecule has 0 aromatic heterocycles. The zero-order valence-corrected chi connectivity index (χ0v) is 6.87. The molecule has 5 atom stereocenters. The van der Waals surface area contributed by atoms with E-state index in [4.69, 9.17) is 15.6 Å². The van der Waals surface area contributed by atoms with Gasteiger partial charge in [0.05, 0.1) is 18.6 Å². The van der Waals surface area contributed by atoms with Gasteiger partial charge in [0.2, 0.25) is 0 Å². The van der Waals surface area contributed by atoms with E-state index in [-0.39, 0.29) is 12.6 Å². The minimum absolute atomic E-state index is 0.0133. The Balaban J connectivity index is 2.21. The number of hydrogen-bond acceptors (Lipinski definition) is 6. The van der Waals surface area contributed by atoms with E-state index < -0.39 is 30.3 Å². The van der Waals surface area contributed by atoms with Crippen LogP contribution in [0.15, 0.2) is 4.99 Å². The van der Waals surface area contributed by atoms with E-state index in [2.05, 4.69) is 4.99 Å². The second-order valence-electron chi connectivity index (χ2n) is 3.37. The van der Waals surface area contributed by atoms with Gasteiger partial charge in [-0.25, -0.2) is 4.99 Å². The molecule has 1 heterocycles. The van der Waals surface area contributed by atoms with Crippen LogP contribution in [0.3, 0.4) is 0 Å². The summed E-state index contributed by atoms with van der Waals surface area (Å²) in [4.78, 5) is 3.83. The van der Waals surface area contributed by atoms with Gasteiger partial charge >= 0.3 is 0 Å². The summed E-state index contributed by atoms with van der Waals surface area (Å²) in [5.41, 5.74) is 5.30. The van der Waals surface area contributed by atoms with Crippen molar-refractivity contribution in [3.8, 4) is 0 Å². The average Bonchev–Trinajstić information content (AvgIpc) is 2.54. The van der Waals surface area contributed by atoms with Crippen LogP contribution >= 0.6 is 0 Å². The molecule has 2 unspecified atom stereocenters. The maximum Gasteiger partial charge on any atom is 0.282 e. The van der Waals surface area contributed by atoms with Crippen LogP contribution in [0.1, 0.15) is 0 Å². The fraction of sp³-hybridized carbons (Fsp3) is 0.857. The second-order valence-corrected chi connectivity index (χ2v) is 3.37. The highest BCUT2D eigenvalue weighted by Gasteiger charge is 2.53. The molecule has 1 saturated carbocycles. The lowest BCUT2D eigenvalue weighted by Crippen LogP contribution is -2.33. The lowest BCUT2D eigenvalue weighted by molar-refractivity contribution is -0.00682. The third kappa shape index (κ3) is 1.10. The maximum absolute atomic E-state index is 9.48. The number of hydrogen-bond donors (Lipinski definition) is 4. The van der Waals surface area contributed by atoms with Crippen molar-refractivity contribution in [3.63, 3.8) is 0 Å². The van der Waals surface area contributed by atoms with Crippen molar-refractivity contribution < 1.29 is 20.1 Å². The van der Waals surface area contributed by atoms with Crippen LogP contribution in [-0.4, -0.2) is 52.3 Å². The van der Waals surface area contributed by atoms with Crippen LogP contribution in [0.5, 0.6) is 0 Å². The van der Waals surface area contributed by atoms with Gasteiger partial charge < -0.3 is 25.8 Å². The second kappa shape index (κ2) is 2.83. The normalized spacial score (nSPS) is 48.5. The first-order valence-electron chi connectivity index (χ1n) is 4.12. The topological polar surface area (TPSA) is 108 Å². The van der Waals surface area contributed by atoms with Gasteiger partial charge in [0.1, 0.15) is 18.2 Å². The van der Waals surface area contributed by atoms with Crippen LogP contribution in [0, 0.1) is 5.92 Å². The molecule has 5 N–H and O–H groups in total. The van der Waals surface area contributed by atoms with Gasteiger partial charge in [0.25, 0.3) is 6.02 Å². The summed E-state index contributed by atoms with van der Waals surface area (Å²) in [6, 6.07) is -0.522. The monoisotopic (exact) mass is 188 g/mol. The summed E-state index contributed by atoms with van der Waals surface area (Å²) in [6.45, 7) is -0.248. The minimum atomic E-state index is -0.997. The molecule has 13 heavy (non-hydrogen) atoms. The molecule has 2 aliphatic rings. The van der Waals surface area contributed by atoms with Crippen LogP contribution in [0.4, 0.5) is 0 Å². The van der Waals surface area contributed by atoms with E-state index in [1.807, 2.05) is 0 Å². The molecule has 0 spiro atoms. The van der Waals surface area contributed by atoms with E-state index in [0.29, 0.717) is 0 Å². The van der Waals surface area contributed by atoms with Crippen molar-refractivity contribution in [1.82, 2.24) is 0 Å². The number of nitrogens with two attached hydrogens (primary N) is 1. The molecular formula is C7H12N2O4. The van der Waals surface area contributed by atoms with Gasteiger partial charge in [-0.3, -0.25) is 0 Å². The molecule has 0 bridgehead atoms. The quantitative estimate of drug-likeness (QED) is 0.361. The molecule has 1 aliphatic carbocycles. The predicted octanol–water partition coefficient (Wildman–Crippen LogP) is -2.59. The molecule has 0 aromatic carbocycles. The lowest BCUT2D eigenvalue weighted by atomic mass is 10.1. The van der Waals surface area contributed by atoms with Crippen molar-refractivity contribution in [2.24, 2.45) is 16.6 Å². The lowest BCUT2D eigenvalue weighted by Gasteiger charge is -2.17. The smallest absolute Gasteiger partial charge is 0.282 e. The van der Waals surface area contributed by atoms with E-state index in [0.717, 1.165) is 0 Å². The highest BCUT2D eigenvalue weighted by atomic mass is 16.5. The van der Waals surface area contributed by atoms with Gasteiger partial charge in [0, 0.05) is 0 Å². The highest BCUT2D eigenvalue weighted by Crippen LogP contribution is 2.34. The number of aliphatic hydroxyl groups excluding tert-OH is 3. The number of aliphatic hydroxyl groups is 3. The Labute approximate surface area is 74.6 Å². The molecule has 0 aromatic rings. The van der Waals surface area contributed by atoms with Crippen molar-refractivity contribution in [3.05, 3.63) is 0 Å². The summed E-state index contributed by atoms with van der Waals surface area (Å²) in [5.74, 6) is -0.509. The Morgan fingerprint density at radius 2 is 2.08 bits per heavy atom. The van der Waals surface area contributed by atoms with E-state index >= 15 is 0 Å². The third-order valence-electron chi connectivity index (χ3n) is 2.64. The number of amidine groups is 1. The van der Waals surface area contributed by atoms with Gasteiger partial charge in [-0.1, -0.05) is 0 Å². The molecule has 2 rings (SSSR count). The number of rotatable bonds is 1. The van der Waals surface area contributed by atoms with Gasteiger partial charge in [-0.05, 0) is 0 Å². The van der Waals surface area contributed by atoms with Crippen LogP contribution < -0.4 is 5.73 Å². The largest absolute Gasteiger partial charge is 0.459 e. The first-order valence-corrected chi connectivity index (χ1v) is 4.12. The first kappa shape index (κ1) is 8.74. The van der Waals surface area contributed by atoms with Crippen molar-refractivity contribution >= 4 is 6.02 Å². The molecule has 1 fully saturated rings. The summed E-state index contributed by atoms with van der Waals surface area (Å²) in [5, 5.41) is 27.9. The van der Waals surface area contributed by atoms with Gasteiger partial charge in [-0.2, -0.15) is 0 Å². The highest BCUT2D eigenvalue weighted by molar-refractivity contribution is 5.74. The number of ether oxygens (including phenoxy) is 1. The Kier molecular flexibility index (Phi) is 1.90. The Morgan fingerprint density at radius 1 is 1.38 bits per heavy atom. The van der Waals surface area contributed by atoms with Gasteiger partial charge in [-0.15, -0.1) is 0 Å². The van der Waals surface area contributed by atoms with Crippen molar-refractivity contribution in [2.75, 3.05) is 6.61 Å². The number of fused-ring (bicyclic) bond motifs is 1. The minimum Gasteiger partial charge on any atom is -0.459 e. The summed E-state index contributed by atoms with van der Waals surface area (Å²) in [7, 11) is 0. The van der Waals surface area contributed by atoms with Crippen LogP contribution in [0.2, 0.25) is 0 Å². The van der Waals surface area contributed by atoms with Crippen molar-refractivity contribution in [2.45, 2.75) is 24.4 Å². The average molecular weight is 188 g/mol. The van der Waals surface area contributed by atoms with Crippen LogP contribution in [-0.2, 0) is 4.74 Å². The molecule has 0 radical (unpaired) electrons. The van der Waals surface area contributed by atoms with Gasteiger partial charge in [0.15, 0.2) is 0 Å². The first-order chi connectivity index (χ1) is 6.15. The Bertz CT molecular complexity index is 245. The summed E-state index contributed by atoms with van der Waals surface area (Å²) in [6.07, 6.45) is -2.48. The fourth-order valence-corrected chi connectivity index (χ4v) is 1.93. The molecule has 0 amide bonds. The van der Waals surface area contributed by atoms with Crippen LogP contribution in [0.25, 0.3) is 0 Å². The fourth-order valence-electron chi connectivity index (χ4n) is 1.93. The zero-order valence-electron chi connectivity index (χ0n) is 6.87. The summed E-state index contributed by atoms with van der Waals surface area (Å²) >= 11 is 0. The molecular weight excluding hydrogens is 176 g/mol. The van der Waals surface area contributed by atoms with E-state index in [9.17, 15) is 10.2 Å². The molecule has 6 heteroatoms. The standard InChI is InChI=1S/C7H12N2O4/c8-7-9-3-5(12)4(11)2(1-10)6(3)13-7/h2-6,10-12H,1H2,(H2,8,9)/t2-,3?,4-,5-,6?/m1/s1. The molecule has 1 aliphatic heterocycles. The Morgan fingerprint density at radius 3 is 2.69 bits per heavy atom. The van der Waals surface area contributed by atoms with E-state index in [1.54, 1.807) is 0 Å². The Hall–Kier alpha value is -0.850. The number of aliphatic imine (C=N–C) groups is 1. The molecule has 0 saturated heterocycles. The molecule has 6 nitrogen and oxygen atoms in total. The number of nitrogens with zero attached hydrogens (tertiary/aromatic N) is 1. The predicted molar refractivity (Wildman–Crippen MR) is 42.9 cm³/mol. The maximum atomic E-state index is 9.48. The SMILES string of the molecule is NC1=NC2C(O1)[C@H](CO)[C@@H](O)[C@@H]2O. The van der Waals surface area contributed by atoms with Crippen molar-refractivity contribution in [1.29, 1.82) is 0 Å². The third-order valence-corrected chi connectivity index (χ3v) is 2.64. The molecule has 74 valence electrons. The summed E-state index contributed by atoms with van der Waals surface area (Å²) < 4.78 is 5.08.